The molecule has 5 nitrogen and oxygen atoms in total. The number of carbonyl (C=O) groups is 1. The molecule has 1 aliphatic rings. The number of hydrogen-bond acceptors (Lipinski definition) is 4. The molecule has 0 bridgehead atoms. The maximum atomic E-state index is 13.5. The van der Waals surface area contributed by atoms with Crippen molar-refractivity contribution in [2.75, 3.05) is 13.6 Å². The van der Waals surface area contributed by atoms with E-state index in [1.807, 2.05) is 13.1 Å². The Morgan fingerprint density at radius 3 is 3.04 bits per heavy atom. The molecule has 2 atom stereocenters. The van der Waals surface area contributed by atoms with Crippen LogP contribution in [0.3, 0.4) is 0 Å². The number of amides is 1. The Balaban J connectivity index is 1.74. The first-order valence-electron chi connectivity index (χ1n) is 8.20. The van der Waals surface area contributed by atoms with Crippen molar-refractivity contribution in [2.24, 2.45) is 0 Å². The van der Waals surface area contributed by atoms with Crippen LogP contribution in [-0.4, -0.2) is 41.5 Å². The van der Waals surface area contributed by atoms with Crippen LogP contribution in [0.2, 0.25) is 0 Å². The van der Waals surface area contributed by atoms with E-state index in [1.165, 1.54) is 12.5 Å². The average Bonchev–Trinajstić information content (AvgIpc) is 2.97. The van der Waals surface area contributed by atoms with E-state index in [4.69, 9.17) is 4.42 Å². The lowest BCUT2D eigenvalue weighted by atomic mass is 9.91. The number of nitrogens with zero attached hydrogens (tertiary/aromatic N) is 2. The fourth-order valence-electron chi connectivity index (χ4n) is 3.35. The molecule has 1 amide bonds. The van der Waals surface area contributed by atoms with Crippen LogP contribution in [-0.2, 0) is 6.42 Å². The Labute approximate surface area is 140 Å². The van der Waals surface area contributed by atoms with Gasteiger partial charge in [-0.1, -0.05) is 12.1 Å². The van der Waals surface area contributed by atoms with Crippen molar-refractivity contribution in [1.29, 1.82) is 0 Å². The van der Waals surface area contributed by atoms with Gasteiger partial charge in [0.15, 0.2) is 6.39 Å². The van der Waals surface area contributed by atoms with Gasteiger partial charge in [-0.05, 0) is 57.5 Å². The van der Waals surface area contributed by atoms with Crippen molar-refractivity contribution in [3.8, 4) is 0 Å². The summed E-state index contributed by atoms with van der Waals surface area (Å²) in [6, 6.07) is 6.75. The van der Waals surface area contributed by atoms with Crippen LogP contribution < -0.4 is 5.32 Å². The molecule has 1 N–H and O–H groups in total. The number of benzene rings is 1. The third-order valence-electron chi connectivity index (χ3n) is 4.66. The van der Waals surface area contributed by atoms with Gasteiger partial charge in [0.2, 0.25) is 5.76 Å². The predicted octanol–water partition coefficient (Wildman–Crippen LogP) is 2.56. The molecule has 0 unspecified atom stereocenters. The smallest absolute Gasteiger partial charge is 0.289 e. The first-order valence-corrected chi connectivity index (χ1v) is 8.20. The second-order valence-corrected chi connectivity index (χ2v) is 6.37. The van der Waals surface area contributed by atoms with Crippen molar-refractivity contribution in [2.45, 2.75) is 38.3 Å². The number of aromatic nitrogens is 1. The number of aryl methyl sites for hydroxylation is 1. The predicted molar refractivity (Wildman–Crippen MR) is 88.3 cm³/mol. The number of piperidine rings is 1. The van der Waals surface area contributed by atoms with Gasteiger partial charge in [0.25, 0.3) is 5.91 Å². The maximum absolute atomic E-state index is 13.5. The fourth-order valence-corrected chi connectivity index (χ4v) is 3.35. The number of oxazole rings is 1. The molecule has 6 heteroatoms. The number of rotatable bonds is 4. The number of likely N-dealkylation sites (N-methyl/N-ethyl adjacent to an activating group) is 1. The highest BCUT2D eigenvalue weighted by Crippen LogP contribution is 2.21. The molecule has 2 aromatic rings. The normalized spacial score (nSPS) is 21.6. The van der Waals surface area contributed by atoms with Gasteiger partial charge in [-0.2, -0.15) is 0 Å². The average molecular weight is 331 g/mol. The van der Waals surface area contributed by atoms with Crippen molar-refractivity contribution >= 4 is 5.91 Å². The first-order chi connectivity index (χ1) is 11.5. The lowest BCUT2D eigenvalue weighted by Crippen LogP contribution is -2.55. The summed E-state index contributed by atoms with van der Waals surface area (Å²) in [4.78, 5) is 18.6. The Morgan fingerprint density at radius 1 is 1.50 bits per heavy atom. The van der Waals surface area contributed by atoms with E-state index in [1.54, 1.807) is 19.1 Å². The number of halogens is 1. The van der Waals surface area contributed by atoms with Gasteiger partial charge in [0, 0.05) is 12.1 Å². The fraction of sp³-hybridized carbons (Fsp3) is 0.444. The SMILES string of the molecule is Cc1ncoc1C(=O)N[C@H]1CCCN(C)[C@H]1Cc1cccc(F)c1. The molecular formula is C18H22FN3O2. The van der Waals surface area contributed by atoms with E-state index >= 15 is 0 Å². The summed E-state index contributed by atoms with van der Waals surface area (Å²) in [7, 11) is 2.04. The topological polar surface area (TPSA) is 58.4 Å². The summed E-state index contributed by atoms with van der Waals surface area (Å²) in [6.45, 7) is 2.71. The van der Waals surface area contributed by atoms with E-state index in [2.05, 4.69) is 15.2 Å². The van der Waals surface area contributed by atoms with Crippen molar-refractivity contribution in [1.82, 2.24) is 15.2 Å². The van der Waals surface area contributed by atoms with Crippen LogP contribution in [0.4, 0.5) is 4.39 Å². The lowest BCUT2D eigenvalue weighted by Gasteiger charge is -2.39. The van der Waals surface area contributed by atoms with Crippen LogP contribution in [0.1, 0.15) is 34.7 Å². The van der Waals surface area contributed by atoms with E-state index in [9.17, 15) is 9.18 Å². The Hall–Kier alpha value is -2.21. The molecule has 0 aliphatic carbocycles. The molecule has 3 rings (SSSR count). The monoisotopic (exact) mass is 331 g/mol. The van der Waals surface area contributed by atoms with Gasteiger partial charge in [-0.3, -0.25) is 4.79 Å². The van der Waals surface area contributed by atoms with Crippen LogP contribution in [0, 0.1) is 12.7 Å². The Kier molecular flexibility index (Phi) is 4.94. The molecule has 2 heterocycles. The van der Waals surface area contributed by atoms with Gasteiger partial charge < -0.3 is 14.6 Å². The highest BCUT2D eigenvalue weighted by Gasteiger charge is 2.31. The van der Waals surface area contributed by atoms with Crippen molar-refractivity contribution in [3.05, 3.63) is 53.5 Å². The van der Waals surface area contributed by atoms with E-state index in [-0.39, 0.29) is 29.6 Å². The summed E-state index contributed by atoms with van der Waals surface area (Å²) >= 11 is 0. The molecule has 0 saturated carbocycles. The molecule has 128 valence electrons. The third-order valence-corrected chi connectivity index (χ3v) is 4.66. The number of nitrogens with one attached hydrogen (secondary N) is 1. The quantitative estimate of drug-likeness (QED) is 0.935. The van der Waals surface area contributed by atoms with Gasteiger partial charge in [0.1, 0.15) is 5.82 Å². The minimum atomic E-state index is -0.241. The minimum absolute atomic E-state index is 0.0102. The summed E-state index contributed by atoms with van der Waals surface area (Å²) < 4.78 is 18.6. The Morgan fingerprint density at radius 2 is 2.33 bits per heavy atom. The number of likely N-dealkylation sites (tertiary alicyclic amines) is 1. The molecule has 0 spiro atoms. The zero-order valence-corrected chi connectivity index (χ0v) is 14.0. The molecule has 1 aromatic carbocycles. The molecule has 24 heavy (non-hydrogen) atoms. The molecule has 1 aromatic heterocycles. The molecule has 1 aliphatic heterocycles. The minimum Gasteiger partial charge on any atom is -0.438 e. The van der Waals surface area contributed by atoms with E-state index < -0.39 is 0 Å². The highest BCUT2D eigenvalue weighted by molar-refractivity contribution is 5.92. The lowest BCUT2D eigenvalue weighted by molar-refractivity contribution is 0.0824. The van der Waals surface area contributed by atoms with Crippen molar-refractivity contribution < 1.29 is 13.6 Å². The van der Waals surface area contributed by atoms with Crippen LogP contribution in [0.25, 0.3) is 0 Å². The standard InChI is InChI=1S/C18H22FN3O2/c1-12-17(24-11-20-12)18(23)21-15-7-4-8-22(2)16(15)10-13-5-3-6-14(19)9-13/h3,5-6,9,11,15-16H,4,7-8,10H2,1-2H3,(H,21,23)/t15-,16-/m0/s1. The molecule has 0 radical (unpaired) electrons. The zero-order valence-electron chi connectivity index (χ0n) is 14.0. The third kappa shape index (κ3) is 3.64. The second kappa shape index (κ2) is 7.13. The molecular weight excluding hydrogens is 309 g/mol. The van der Waals surface area contributed by atoms with E-state index in [0.29, 0.717) is 12.1 Å². The van der Waals surface area contributed by atoms with Gasteiger partial charge in [-0.15, -0.1) is 0 Å². The van der Waals surface area contributed by atoms with Gasteiger partial charge in [0.05, 0.1) is 5.69 Å². The van der Waals surface area contributed by atoms with Crippen LogP contribution >= 0.6 is 0 Å². The van der Waals surface area contributed by atoms with E-state index in [0.717, 1.165) is 24.9 Å². The highest BCUT2D eigenvalue weighted by atomic mass is 19.1. The zero-order chi connectivity index (χ0) is 17.1. The maximum Gasteiger partial charge on any atom is 0.289 e. The summed E-state index contributed by atoms with van der Waals surface area (Å²) in [5.41, 5.74) is 1.52. The largest absolute Gasteiger partial charge is 0.438 e. The van der Waals surface area contributed by atoms with Gasteiger partial charge in [-0.25, -0.2) is 9.37 Å². The second-order valence-electron chi connectivity index (χ2n) is 6.37. The Bertz CT molecular complexity index is 716. The van der Waals surface area contributed by atoms with Crippen molar-refractivity contribution in [3.63, 3.8) is 0 Å². The van der Waals surface area contributed by atoms with Crippen LogP contribution in [0.5, 0.6) is 0 Å². The molecule has 1 fully saturated rings. The number of carbonyl (C=O) groups excluding carboxylic acids is 1. The first kappa shape index (κ1) is 16.6. The van der Waals surface area contributed by atoms with Crippen LogP contribution in [0.15, 0.2) is 35.1 Å². The van der Waals surface area contributed by atoms with Gasteiger partial charge >= 0.3 is 0 Å². The summed E-state index contributed by atoms with van der Waals surface area (Å²) in [6.07, 6.45) is 3.87. The number of hydrogen-bond donors (Lipinski definition) is 1. The molecule has 1 saturated heterocycles. The summed E-state index contributed by atoms with van der Waals surface area (Å²) in [5, 5.41) is 3.07. The summed E-state index contributed by atoms with van der Waals surface area (Å²) in [5.74, 6) is -0.217.